The lowest BCUT2D eigenvalue weighted by atomic mass is 9.68. The molecule has 0 amide bonds. The van der Waals surface area contributed by atoms with Crippen LogP contribution < -0.4 is 5.73 Å². The van der Waals surface area contributed by atoms with Crippen molar-refractivity contribution in [3.05, 3.63) is 11.6 Å². The Morgan fingerprint density at radius 2 is 1.88 bits per heavy atom. The summed E-state index contributed by atoms with van der Waals surface area (Å²) in [5.41, 5.74) is 7.79. The fraction of sp³-hybridized carbons (Fsp3) is 0.867. The topological polar surface area (TPSA) is 26.0 Å². The van der Waals surface area contributed by atoms with Crippen molar-refractivity contribution >= 4 is 0 Å². The second kappa shape index (κ2) is 4.91. The van der Waals surface area contributed by atoms with Crippen molar-refractivity contribution in [2.75, 3.05) is 0 Å². The molecule has 2 N–H and O–H groups in total. The molecule has 0 heterocycles. The molecule has 0 aliphatic heterocycles. The maximum absolute atomic E-state index is 6.25. The predicted octanol–water partition coefficient (Wildman–Crippen LogP) is 3.99. The van der Waals surface area contributed by atoms with Gasteiger partial charge in [-0.1, -0.05) is 32.4 Å². The molecule has 1 heteroatoms. The summed E-state index contributed by atoms with van der Waals surface area (Å²) < 4.78 is 0. The van der Waals surface area contributed by atoms with Crippen LogP contribution in [0.3, 0.4) is 0 Å². The summed E-state index contributed by atoms with van der Waals surface area (Å²) in [6.07, 6.45) is 4.99. The zero-order valence-corrected chi connectivity index (χ0v) is 11.9. The van der Waals surface area contributed by atoms with Gasteiger partial charge in [-0.2, -0.15) is 0 Å². The molecular weight excluding hydrogens is 194 g/mol. The molecule has 94 valence electrons. The molecule has 0 saturated carbocycles. The molecule has 0 aromatic heterocycles. The predicted molar refractivity (Wildman–Crippen MR) is 72.2 cm³/mol. The van der Waals surface area contributed by atoms with Gasteiger partial charge in [-0.15, -0.1) is 0 Å². The third-order valence-electron chi connectivity index (χ3n) is 4.57. The highest BCUT2D eigenvalue weighted by atomic mass is 14.7. The van der Waals surface area contributed by atoms with Crippen LogP contribution in [0.1, 0.15) is 54.4 Å². The third kappa shape index (κ3) is 3.10. The fourth-order valence-corrected chi connectivity index (χ4v) is 2.91. The highest BCUT2D eigenvalue weighted by Gasteiger charge is 2.33. The standard InChI is InChI=1S/C15H29N/c1-10(2)14-9-13(8-7-11(14)3)12(4)15(5,6)16/h7,10,12-14H,8-9,16H2,1-6H3. The van der Waals surface area contributed by atoms with Gasteiger partial charge < -0.3 is 5.73 Å². The first-order chi connectivity index (χ1) is 7.23. The van der Waals surface area contributed by atoms with Crippen molar-refractivity contribution in [1.29, 1.82) is 0 Å². The van der Waals surface area contributed by atoms with E-state index < -0.39 is 0 Å². The van der Waals surface area contributed by atoms with E-state index in [-0.39, 0.29) is 5.54 Å². The van der Waals surface area contributed by atoms with E-state index in [1.807, 2.05) is 0 Å². The van der Waals surface area contributed by atoms with E-state index in [1.54, 1.807) is 5.57 Å². The first-order valence-electron chi connectivity index (χ1n) is 6.69. The lowest BCUT2D eigenvalue weighted by Crippen LogP contribution is -2.44. The molecule has 0 fully saturated rings. The monoisotopic (exact) mass is 223 g/mol. The molecule has 0 aromatic rings. The lowest BCUT2D eigenvalue weighted by molar-refractivity contribution is 0.186. The van der Waals surface area contributed by atoms with Crippen molar-refractivity contribution in [3.8, 4) is 0 Å². The molecule has 3 atom stereocenters. The molecule has 0 aromatic carbocycles. The SMILES string of the molecule is CC1=CCC(C(C)C(C)(C)N)CC1C(C)C. The Bertz CT molecular complexity index is 257. The number of rotatable bonds is 3. The molecule has 1 rings (SSSR count). The van der Waals surface area contributed by atoms with Gasteiger partial charge in [-0.05, 0) is 57.3 Å². The van der Waals surface area contributed by atoms with Crippen LogP contribution in [0.25, 0.3) is 0 Å². The molecular formula is C15H29N. The first kappa shape index (κ1) is 13.8. The van der Waals surface area contributed by atoms with Gasteiger partial charge in [0.2, 0.25) is 0 Å². The van der Waals surface area contributed by atoms with Crippen molar-refractivity contribution in [2.24, 2.45) is 29.4 Å². The third-order valence-corrected chi connectivity index (χ3v) is 4.57. The van der Waals surface area contributed by atoms with Gasteiger partial charge in [0, 0.05) is 5.54 Å². The fourth-order valence-electron chi connectivity index (χ4n) is 2.91. The average molecular weight is 223 g/mol. The van der Waals surface area contributed by atoms with E-state index in [1.165, 1.54) is 12.8 Å². The Hall–Kier alpha value is -0.300. The summed E-state index contributed by atoms with van der Waals surface area (Å²) >= 11 is 0. The molecule has 0 bridgehead atoms. The Morgan fingerprint density at radius 3 is 2.31 bits per heavy atom. The van der Waals surface area contributed by atoms with E-state index in [4.69, 9.17) is 5.73 Å². The van der Waals surface area contributed by atoms with Gasteiger partial charge in [0.1, 0.15) is 0 Å². The van der Waals surface area contributed by atoms with Crippen LogP contribution in [-0.2, 0) is 0 Å². The Morgan fingerprint density at radius 1 is 1.31 bits per heavy atom. The zero-order chi connectivity index (χ0) is 12.5. The van der Waals surface area contributed by atoms with Gasteiger partial charge in [0.25, 0.3) is 0 Å². The number of nitrogens with two attached hydrogens (primary N) is 1. The van der Waals surface area contributed by atoms with Crippen molar-refractivity contribution in [1.82, 2.24) is 0 Å². The maximum atomic E-state index is 6.25. The summed E-state index contributed by atoms with van der Waals surface area (Å²) in [6, 6.07) is 0. The van der Waals surface area contributed by atoms with Crippen molar-refractivity contribution in [3.63, 3.8) is 0 Å². The minimum atomic E-state index is -0.0503. The summed E-state index contributed by atoms with van der Waals surface area (Å²) in [6.45, 7) is 13.6. The van der Waals surface area contributed by atoms with E-state index >= 15 is 0 Å². The second-order valence-corrected chi connectivity index (χ2v) is 6.64. The number of allylic oxidation sites excluding steroid dienone is 2. The minimum absolute atomic E-state index is 0.0503. The molecule has 1 aliphatic rings. The van der Waals surface area contributed by atoms with Crippen molar-refractivity contribution < 1.29 is 0 Å². The van der Waals surface area contributed by atoms with Crippen LogP contribution in [-0.4, -0.2) is 5.54 Å². The maximum Gasteiger partial charge on any atom is 0.0125 e. The van der Waals surface area contributed by atoms with Gasteiger partial charge >= 0.3 is 0 Å². The van der Waals surface area contributed by atoms with E-state index in [0.717, 1.165) is 17.8 Å². The second-order valence-electron chi connectivity index (χ2n) is 6.64. The van der Waals surface area contributed by atoms with Crippen LogP contribution >= 0.6 is 0 Å². The summed E-state index contributed by atoms with van der Waals surface area (Å²) in [4.78, 5) is 0. The van der Waals surface area contributed by atoms with Crippen LogP contribution in [0.2, 0.25) is 0 Å². The molecule has 0 saturated heterocycles. The highest BCUT2D eigenvalue weighted by molar-refractivity contribution is 5.10. The summed E-state index contributed by atoms with van der Waals surface area (Å²) in [7, 11) is 0. The van der Waals surface area contributed by atoms with Gasteiger partial charge in [-0.3, -0.25) is 0 Å². The number of hydrogen-bond acceptors (Lipinski definition) is 1. The largest absolute Gasteiger partial charge is 0.325 e. The molecule has 0 spiro atoms. The van der Waals surface area contributed by atoms with Gasteiger partial charge in [0.15, 0.2) is 0 Å². The zero-order valence-electron chi connectivity index (χ0n) is 11.9. The number of hydrogen-bond donors (Lipinski definition) is 1. The van der Waals surface area contributed by atoms with Crippen LogP contribution in [0.15, 0.2) is 11.6 Å². The van der Waals surface area contributed by atoms with E-state index in [0.29, 0.717) is 5.92 Å². The lowest BCUT2D eigenvalue weighted by Gasteiger charge is -2.39. The van der Waals surface area contributed by atoms with Crippen LogP contribution in [0, 0.1) is 23.7 Å². The summed E-state index contributed by atoms with van der Waals surface area (Å²) in [5, 5.41) is 0. The smallest absolute Gasteiger partial charge is 0.0125 e. The minimum Gasteiger partial charge on any atom is -0.325 e. The average Bonchev–Trinajstić information content (AvgIpc) is 2.15. The van der Waals surface area contributed by atoms with E-state index in [2.05, 4.69) is 47.6 Å². The van der Waals surface area contributed by atoms with Crippen LogP contribution in [0.5, 0.6) is 0 Å². The Kier molecular flexibility index (Phi) is 4.23. The summed E-state index contributed by atoms with van der Waals surface area (Å²) in [5.74, 6) is 2.88. The van der Waals surface area contributed by atoms with Crippen LogP contribution in [0.4, 0.5) is 0 Å². The molecule has 3 unspecified atom stereocenters. The molecule has 0 radical (unpaired) electrons. The van der Waals surface area contributed by atoms with E-state index in [9.17, 15) is 0 Å². The first-order valence-corrected chi connectivity index (χ1v) is 6.69. The molecule has 16 heavy (non-hydrogen) atoms. The quantitative estimate of drug-likeness (QED) is 0.719. The normalized spacial score (nSPS) is 29.1. The Balaban J connectivity index is 2.75. The Labute approximate surface area is 101 Å². The van der Waals surface area contributed by atoms with Gasteiger partial charge in [-0.25, -0.2) is 0 Å². The molecule has 1 aliphatic carbocycles. The van der Waals surface area contributed by atoms with Gasteiger partial charge in [0.05, 0.1) is 0 Å². The van der Waals surface area contributed by atoms with Crippen molar-refractivity contribution in [2.45, 2.75) is 59.9 Å². The highest BCUT2D eigenvalue weighted by Crippen LogP contribution is 2.39. The molecule has 1 nitrogen and oxygen atoms in total.